The zero-order valence-electron chi connectivity index (χ0n) is 5.92. The average molecular weight is 334 g/mol. The molecule has 0 saturated carbocycles. The first-order chi connectivity index (χ1) is 5.62. The highest BCUT2D eigenvalue weighted by atomic mass is 34.0. The topological polar surface area (TPSA) is 12.0 Å². The van der Waals surface area contributed by atoms with Crippen LogP contribution >= 0.6 is 60.8 Å². The van der Waals surface area contributed by atoms with E-state index in [1.54, 1.807) is 39.3 Å². The number of rotatable bonds is 7. The quantitative estimate of drug-likeness (QED) is 0.410. The van der Waals surface area contributed by atoms with Gasteiger partial charge in [0.25, 0.3) is 0 Å². The van der Waals surface area contributed by atoms with Crippen molar-refractivity contribution in [1.82, 2.24) is 4.72 Å². The first-order valence-electron chi connectivity index (χ1n) is 2.61. The maximum absolute atomic E-state index is 5.17. The maximum Gasteiger partial charge on any atom is 0.0286 e. The smallest absolute Gasteiger partial charge is 0.0286 e. The molecule has 0 atom stereocenters. The van der Waals surface area contributed by atoms with E-state index in [4.69, 9.17) is 22.4 Å². The lowest BCUT2D eigenvalue weighted by Gasteiger charge is -2.06. The van der Waals surface area contributed by atoms with Gasteiger partial charge < -0.3 is 0 Å². The van der Waals surface area contributed by atoms with Gasteiger partial charge in [0.05, 0.1) is 0 Å². The van der Waals surface area contributed by atoms with Crippen molar-refractivity contribution in [2.75, 3.05) is 6.54 Å². The minimum absolute atomic E-state index is 0.842. The van der Waals surface area contributed by atoms with E-state index in [0.29, 0.717) is 0 Å². The Bertz CT molecular complexity index is 183. The maximum atomic E-state index is 5.17. The van der Waals surface area contributed by atoms with Crippen LogP contribution in [0.4, 0.5) is 0 Å². The van der Waals surface area contributed by atoms with E-state index in [-0.39, 0.29) is 0 Å². The lowest BCUT2D eigenvalue weighted by atomic mass is 10.8. The van der Waals surface area contributed by atoms with Gasteiger partial charge in [-0.05, 0) is 51.9 Å². The van der Waals surface area contributed by atoms with Crippen molar-refractivity contribution < 1.29 is 0 Å². The normalized spacial score (nSPS) is 11.8. The fraction of sp³-hybridized carbons (Fsp3) is 1.00. The second kappa shape index (κ2) is 9.10. The van der Waals surface area contributed by atoms with E-state index >= 15 is 0 Å². The molecule has 74 valence electrons. The second-order valence-electron chi connectivity index (χ2n) is 1.30. The molecule has 0 saturated heterocycles. The minimum Gasteiger partial charge on any atom is -0.250 e. The van der Waals surface area contributed by atoms with E-state index in [1.807, 2.05) is 6.92 Å². The largest absolute Gasteiger partial charge is 0.250 e. The molecule has 0 spiro atoms. The van der Waals surface area contributed by atoms with Crippen molar-refractivity contribution in [3.63, 3.8) is 0 Å². The van der Waals surface area contributed by atoms with E-state index in [9.17, 15) is 0 Å². The molecule has 0 aliphatic rings. The van der Waals surface area contributed by atoms with Crippen LogP contribution < -0.4 is 4.72 Å². The summed E-state index contributed by atoms with van der Waals surface area (Å²) in [5, 5.41) is 0. The zero-order chi connectivity index (χ0) is 9.45. The van der Waals surface area contributed by atoms with Gasteiger partial charge in [-0.2, -0.15) is 0 Å². The van der Waals surface area contributed by atoms with Gasteiger partial charge in [0.15, 0.2) is 0 Å². The van der Waals surface area contributed by atoms with Crippen LogP contribution in [0.15, 0.2) is 0 Å². The molecule has 0 bridgehead atoms. The molecule has 1 nitrogen and oxygen atoms in total. The Morgan fingerprint density at radius 1 is 1.33 bits per heavy atom. The molecule has 0 aliphatic heterocycles. The van der Waals surface area contributed by atoms with Gasteiger partial charge >= 0.3 is 0 Å². The molecule has 10 heteroatoms. The lowest BCUT2D eigenvalue weighted by molar-refractivity contribution is 1.04. The van der Waals surface area contributed by atoms with Gasteiger partial charge in [0.1, 0.15) is 0 Å². The van der Waals surface area contributed by atoms with Crippen molar-refractivity contribution in [3.05, 3.63) is 0 Å². The summed E-state index contributed by atoms with van der Waals surface area (Å²) in [5.41, 5.74) is 0. The van der Waals surface area contributed by atoms with E-state index in [1.165, 1.54) is 9.83 Å². The number of hydrogen-bond donors (Lipinski definition) is 2. The number of nitrogens with one attached hydrogen (secondary N) is 1. The van der Waals surface area contributed by atoms with E-state index in [0.717, 1.165) is 6.54 Å². The fourth-order valence-electron chi connectivity index (χ4n) is 0.273. The molecule has 0 amide bonds. The summed E-state index contributed by atoms with van der Waals surface area (Å²) in [4.78, 5) is 0. The number of hydrogen-bond acceptors (Lipinski definition) is 8. The van der Waals surface area contributed by atoms with Crippen molar-refractivity contribution in [3.8, 4) is 0 Å². The van der Waals surface area contributed by atoms with Crippen LogP contribution in [0.2, 0.25) is 0 Å². The molecular weight excluding hydrogens is 327 g/mol. The molecule has 0 rings (SSSR count). The van der Waals surface area contributed by atoms with E-state index < -0.39 is 6.36 Å². The summed E-state index contributed by atoms with van der Waals surface area (Å²) in [7, 11) is 7.84. The van der Waals surface area contributed by atoms with Crippen LogP contribution in [0.5, 0.6) is 0 Å². The average Bonchev–Trinajstić information content (AvgIpc) is 1.98. The Morgan fingerprint density at radius 2 is 2.00 bits per heavy atom. The van der Waals surface area contributed by atoms with Crippen LogP contribution in [0.3, 0.4) is 0 Å². The second-order valence-corrected chi connectivity index (χ2v) is 17.9. The van der Waals surface area contributed by atoms with Crippen molar-refractivity contribution in [1.29, 1.82) is 0 Å². The van der Waals surface area contributed by atoms with Crippen LogP contribution in [0, 0.1) is 0 Å². The third-order valence-corrected chi connectivity index (χ3v) is 16.7. The SMILES string of the molecule is CCNS(=S)(=S)SSSSSS. The Balaban J connectivity index is 3.48. The lowest BCUT2D eigenvalue weighted by Crippen LogP contribution is -2.15. The van der Waals surface area contributed by atoms with Gasteiger partial charge in [-0.15, -0.1) is 0 Å². The summed E-state index contributed by atoms with van der Waals surface area (Å²) in [6.45, 7) is 2.85. The third-order valence-electron chi connectivity index (χ3n) is 0.524. The summed E-state index contributed by atoms with van der Waals surface area (Å²) in [6.07, 6.45) is -1.48. The first-order valence-corrected chi connectivity index (χ1v) is 13.8. The summed E-state index contributed by atoms with van der Waals surface area (Å²) in [5.74, 6) is 0. The predicted molar refractivity (Wildman–Crippen MR) is 82.7 cm³/mol. The third kappa shape index (κ3) is 9.41. The minimum atomic E-state index is -1.48. The molecule has 0 aromatic rings. The molecule has 0 radical (unpaired) electrons. The summed E-state index contributed by atoms with van der Waals surface area (Å²) >= 11 is 14.3. The standard InChI is InChI=1S/C2H7NS9/c1-2-3-12(5,6)11-10-9-8-7-4/h3-4H,2H2,1H3. The summed E-state index contributed by atoms with van der Waals surface area (Å²) in [6, 6.07) is 0. The highest BCUT2D eigenvalue weighted by Crippen LogP contribution is 2.50. The monoisotopic (exact) mass is 333 g/mol. The highest BCUT2D eigenvalue weighted by Gasteiger charge is 2.01. The van der Waals surface area contributed by atoms with Crippen LogP contribution in [0.25, 0.3) is 0 Å². The Hall–Kier alpha value is 2.85. The Labute approximate surface area is 106 Å². The zero-order valence-corrected chi connectivity index (χ0v) is 13.3. The molecule has 0 fully saturated rings. The molecule has 0 aliphatic carbocycles. The highest BCUT2D eigenvalue weighted by molar-refractivity contribution is 9.46. The molecule has 0 aromatic heterocycles. The molecule has 0 aromatic carbocycles. The number of thiol groups is 1. The van der Waals surface area contributed by atoms with E-state index in [2.05, 4.69) is 16.4 Å². The van der Waals surface area contributed by atoms with Crippen molar-refractivity contribution >= 4 is 89.5 Å². The predicted octanol–water partition coefficient (Wildman–Crippen LogP) is 3.67. The van der Waals surface area contributed by atoms with Crippen molar-refractivity contribution in [2.24, 2.45) is 0 Å². The fourth-order valence-corrected chi connectivity index (χ4v) is 17.4. The van der Waals surface area contributed by atoms with Gasteiger partial charge in [0, 0.05) is 32.6 Å². The summed E-state index contributed by atoms with van der Waals surface area (Å²) < 4.78 is 3.11. The molecule has 0 unspecified atom stereocenters. The van der Waals surface area contributed by atoms with Crippen LogP contribution in [-0.4, -0.2) is 6.54 Å². The molecule has 1 N–H and O–H groups in total. The van der Waals surface area contributed by atoms with Crippen molar-refractivity contribution in [2.45, 2.75) is 6.92 Å². The molecular formula is C2H7NS9. The first kappa shape index (κ1) is 14.8. The van der Waals surface area contributed by atoms with Crippen LogP contribution in [0.1, 0.15) is 6.92 Å². The van der Waals surface area contributed by atoms with Gasteiger partial charge in [-0.1, -0.05) is 18.6 Å². The van der Waals surface area contributed by atoms with Crippen LogP contribution in [-0.2, 0) is 28.7 Å². The van der Waals surface area contributed by atoms with Gasteiger partial charge in [-0.3, -0.25) is 0 Å². The van der Waals surface area contributed by atoms with Gasteiger partial charge in [-0.25, -0.2) is 4.72 Å². The molecule has 12 heavy (non-hydrogen) atoms. The molecule has 0 heterocycles. The Morgan fingerprint density at radius 3 is 2.50 bits per heavy atom. The van der Waals surface area contributed by atoms with Gasteiger partial charge in [0.2, 0.25) is 0 Å². The Kier molecular flexibility index (Phi) is 11.3.